The number of unbranched alkanes of at least 4 members (excludes halogenated alkanes) is 18. The zero-order valence-corrected chi connectivity index (χ0v) is 31.8. The fourth-order valence-corrected chi connectivity index (χ4v) is 5.87. The van der Waals surface area contributed by atoms with E-state index in [1.165, 1.54) is 77.0 Å². The Morgan fingerprint density at radius 3 is 1.61 bits per heavy atom. The van der Waals surface area contributed by atoms with Crippen molar-refractivity contribution in [3.63, 3.8) is 0 Å². The number of esters is 2. The summed E-state index contributed by atoms with van der Waals surface area (Å²) in [7, 11) is -4.60. The zero-order chi connectivity index (χ0) is 36.3. The molecule has 0 amide bonds. The van der Waals surface area contributed by atoms with Gasteiger partial charge in [0.1, 0.15) is 12.7 Å². The summed E-state index contributed by atoms with van der Waals surface area (Å²) >= 11 is 0. The van der Waals surface area contributed by atoms with Crippen molar-refractivity contribution in [1.82, 2.24) is 0 Å². The SMILES string of the molecule is CCCCC/C=C\C/C=C\CCCCCCCCCCCC(=O)OC(COC(=O)CCCCCCCCC)COP(=O)(O)OCC(O)CO. The number of carbonyl (C=O) groups is 2. The Bertz CT molecular complexity index is 879. The van der Waals surface area contributed by atoms with Crippen LogP contribution in [0.15, 0.2) is 24.3 Å². The molecule has 0 spiro atoms. The number of ether oxygens (including phenoxy) is 2. The fourth-order valence-electron chi connectivity index (χ4n) is 5.08. The summed E-state index contributed by atoms with van der Waals surface area (Å²) in [5.74, 6) is -0.935. The van der Waals surface area contributed by atoms with Gasteiger partial charge in [0, 0.05) is 12.8 Å². The Labute approximate surface area is 298 Å². The van der Waals surface area contributed by atoms with Crippen LogP contribution in [0.2, 0.25) is 0 Å². The first-order valence-corrected chi connectivity index (χ1v) is 20.8. The normalized spacial score (nSPS) is 14.3. The van der Waals surface area contributed by atoms with Crippen molar-refractivity contribution in [2.24, 2.45) is 0 Å². The summed E-state index contributed by atoms with van der Waals surface area (Å²) in [6, 6.07) is 0. The Hall–Kier alpha value is -1.55. The summed E-state index contributed by atoms with van der Waals surface area (Å²) < 4.78 is 32.5. The van der Waals surface area contributed by atoms with Crippen LogP contribution in [0.5, 0.6) is 0 Å². The van der Waals surface area contributed by atoms with Gasteiger partial charge in [0.15, 0.2) is 6.10 Å². The Kier molecular flexibility index (Phi) is 33.8. The molecule has 3 atom stereocenters. The van der Waals surface area contributed by atoms with E-state index in [1.807, 2.05) is 0 Å². The van der Waals surface area contributed by atoms with Gasteiger partial charge in [-0.1, -0.05) is 134 Å². The third-order valence-corrected chi connectivity index (χ3v) is 9.06. The lowest BCUT2D eigenvalue weighted by molar-refractivity contribution is -0.161. The Balaban J connectivity index is 4.24. The minimum atomic E-state index is -4.60. The van der Waals surface area contributed by atoms with Gasteiger partial charge in [-0.3, -0.25) is 18.6 Å². The van der Waals surface area contributed by atoms with Gasteiger partial charge in [-0.05, 0) is 44.9 Å². The molecule has 0 aliphatic carbocycles. The molecule has 11 heteroatoms. The molecule has 0 radical (unpaired) electrons. The van der Waals surface area contributed by atoms with E-state index in [0.717, 1.165) is 51.4 Å². The summed E-state index contributed by atoms with van der Waals surface area (Å²) in [6.07, 6.45) is 31.7. The lowest BCUT2D eigenvalue weighted by Gasteiger charge is -2.20. The van der Waals surface area contributed by atoms with Crippen molar-refractivity contribution in [3.8, 4) is 0 Å². The quantitative estimate of drug-likeness (QED) is 0.0248. The molecule has 49 heavy (non-hydrogen) atoms. The molecule has 0 rings (SSSR count). The Morgan fingerprint density at radius 1 is 0.612 bits per heavy atom. The maximum atomic E-state index is 12.5. The molecule has 0 saturated heterocycles. The summed E-state index contributed by atoms with van der Waals surface area (Å²) in [4.78, 5) is 34.7. The van der Waals surface area contributed by atoms with E-state index < -0.39 is 51.8 Å². The van der Waals surface area contributed by atoms with Crippen LogP contribution in [0.1, 0.15) is 168 Å². The van der Waals surface area contributed by atoms with Crippen LogP contribution < -0.4 is 0 Å². The second kappa shape index (κ2) is 34.9. The van der Waals surface area contributed by atoms with Gasteiger partial charge in [0.05, 0.1) is 19.8 Å². The monoisotopic (exact) mass is 718 g/mol. The van der Waals surface area contributed by atoms with Gasteiger partial charge in [0.2, 0.25) is 0 Å². The minimum absolute atomic E-state index is 0.181. The van der Waals surface area contributed by atoms with E-state index in [0.29, 0.717) is 12.8 Å². The van der Waals surface area contributed by atoms with Crippen LogP contribution in [0.3, 0.4) is 0 Å². The number of allylic oxidation sites excluding steroid dienone is 4. The van der Waals surface area contributed by atoms with Crippen molar-refractivity contribution < 1.29 is 47.8 Å². The topological polar surface area (TPSA) is 149 Å². The number of carbonyl (C=O) groups excluding carboxylic acids is 2. The molecule has 3 unspecified atom stereocenters. The van der Waals surface area contributed by atoms with E-state index >= 15 is 0 Å². The second-order valence-electron chi connectivity index (χ2n) is 13.0. The van der Waals surface area contributed by atoms with Crippen molar-refractivity contribution >= 4 is 19.8 Å². The van der Waals surface area contributed by atoms with Gasteiger partial charge in [-0.2, -0.15) is 0 Å². The van der Waals surface area contributed by atoms with Crippen LogP contribution in [0.4, 0.5) is 0 Å². The van der Waals surface area contributed by atoms with Gasteiger partial charge < -0.3 is 24.6 Å². The number of rotatable bonds is 36. The van der Waals surface area contributed by atoms with Gasteiger partial charge >= 0.3 is 19.8 Å². The van der Waals surface area contributed by atoms with Crippen LogP contribution in [-0.4, -0.2) is 65.7 Å². The van der Waals surface area contributed by atoms with Crippen LogP contribution in [-0.2, 0) is 32.7 Å². The molecular weight excluding hydrogens is 647 g/mol. The van der Waals surface area contributed by atoms with Crippen molar-refractivity contribution in [2.75, 3.05) is 26.4 Å². The first-order valence-electron chi connectivity index (χ1n) is 19.3. The predicted octanol–water partition coefficient (Wildman–Crippen LogP) is 9.44. The molecule has 0 saturated carbocycles. The second-order valence-corrected chi connectivity index (χ2v) is 14.4. The molecule has 0 aliphatic heterocycles. The highest BCUT2D eigenvalue weighted by Crippen LogP contribution is 2.43. The summed E-state index contributed by atoms with van der Waals surface area (Å²) in [6.45, 7) is 2.29. The molecule has 0 aromatic heterocycles. The average molecular weight is 719 g/mol. The third-order valence-electron chi connectivity index (χ3n) is 8.11. The molecule has 0 bridgehead atoms. The molecule has 0 aliphatic rings. The number of aliphatic hydroxyl groups is 2. The number of hydrogen-bond acceptors (Lipinski definition) is 9. The number of hydrogen-bond donors (Lipinski definition) is 3. The summed E-state index contributed by atoms with van der Waals surface area (Å²) in [5, 5.41) is 18.2. The van der Waals surface area contributed by atoms with Gasteiger partial charge in [-0.15, -0.1) is 0 Å². The highest BCUT2D eigenvalue weighted by Gasteiger charge is 2.27. The lowest BCUT2D eigenvalue weighted by Crippen LogP contribution is -2.29. The average Bonchev–Trinajstić information content (AvgIpc) is 3.09. The molecule has 0 heterocycles. The van der Waals surface area contributed by atoms with E-state index in [4.69, 9.17) is 19.1 Å². The maximum absolute atomic E-state index is 12.5. The minimum Gasteiger partial charge on any atom is -0.462 e. The van der Waals surface area contributed by atoms with Crippen LogP contribution >= 0.6 is 7.82 Å². The predicted molar refractivity (Wildman–Crippen MR) is 196 cm³/mol. The van der Waals surface area contributed by atoms with E-state index in [2.05, 4.69) is 42.7 Å². The number of aliphatic hydroxyl groups excluding tert-OH is 2. The van der Waals surface area contributed by atoms with Gasteiger partial charge in [0.25, 0.3) is 0 Å². The van der Waals surface area contributed by atoms with Crippen molar-refractivity contribution in [1.29, 1.82) is 0 Å². The number of phosphoric ester groups is 1. The molecule has 0 aromatic rings. The smallest absolute Gasteiger partial charge is 0.462 e. The first-order chi connectivity index (χ1) is 23.7. The van der Waals surface area contributed by atoms with E-state index in [9.17, 15) is 24.2 Å². The van der Waals surface area contributed by atoms with Crippen LogP contribution in [0.25, 0.3) is 0 Å². The molecule has 288 valence electrons. The first kappa shape index (κ1) is 47.4. The summed E-state index contributed by atoms with van der Waals surface area (Å²) in [5.41, 5.74) is 0. The fraction of sp³-hybridized carbons (Fsp3) is 0.842. The standard InChI is InChI=1S/C38H71O10P/c1-3-5-7-9-11-12-13-14-15-16-17-18-19-20-21-22-24-26-28-30-38(42)48-36(34-47-49(43,44)46-32-35(40)31-39)33-45-37(41)29-27-25-23-10-8-6-4-2/h11-12,14-15,35-36,39-40H,3-10,13,16-34H2,1-2H3,(H,43,44)/b12-11-,15-14-. The molecule has 0 fully saturated rings. The van der Waals surface area contributed by atoms with E-state index in [-0.39, 0.29) is 19.4 Å². The highest BCUT2D eigenvalue weighted by molar-refractivity contribution is 7.47. The molecule has 0 aromatic carbocycles. The van der Waals surface area contributed by atoms with E-state index in [1.54, 1.807) is 0 Å². The maximum Gasteiger partial charge on any atom is 0.472 e. The highest BCUT2D eigenvalue weighted by atomic mass is 31.2. The number of phosphoric acid groups is 1. The van der Waals surface area contributed by atoms with Crippen LogP contribution in [0, 0.1) is 0 Å². The molecular formula is C38H71O10P. The largest absolute Gasteiger partial charge is 0.472 e. The third kappa shape index (κ3) is 34.7. The molecule has 10 nitrogen and oxygen atoms in total. The van der Waals surface area contributed by atoms with Gasteiger partial charge in [-0.25, -0.2) is 4.57 Å². The van der Waals surface area contributed by atoms with Crippen molar-refractivity contribution in [3.05, 3.63) is 24.3 Å². The lowest BCUT2D eigenvalue weighted by atomic mass is 10.1. The Morgan fingerprint density at radius 2 is 1.06 bits per heavy atom. The van der Waals surface area contributed by atoms with Crippen molar-refractivity contribution in [2.45, 2.75) is 180 Å². The zero-order valence-electron chi connectivity index (χ0n) is 30.9. The molecule has 3 N–H and O–H groups in total.